The maximum atomic E-state index is 12.9. The molecule has 1 heterocycles. The van der Waals surface area contributed by atoms with E-state index < -0.39 is 43.4 Å². The van der Waals surface area contributed by atoms with Crippen LogP contribution in [0.2, 0.25) is 0 Å². The van der Waals surface area contributed by atoms with Crippen LogP contribution in [0.5, 0.6) is 0 Å². The van der Waals surface area contributed by atoms with Crippen LogP contribution in [0.3, 0.4) is 0 Å². The Bertz CT molecular complexity index is 1360. The second kappa shape index (κ2) is 49.1. The van der Waals surface area contributed by atoms with Crippen molar-refractivity contribution in [3.8, 4) is 0 Å². The molecule has 0 aromatic heterocycles. The number of unbranched alkanes of at least 4 members (excludes halogenated alkanes) is 19. The number of allylic oxidation sites excluding steroid dienone is 16. The van der Waals surface area contributed by atoms with E-state index in [1.807, 2.05) is 0 Å². The molecule has 68 heavy (non-hydrogen) atoms. The molecule has 1 aliphatic heterocycles. The van der Waals surface area contributed by atoms with Crippen LogP contribution in [-0.2, 0) is 23.7 Å². The highest BCUT2D eigenvalue weighted by atomic mass is 16.7. The monoisotopic (exact) mass is 953 g/mol. The molecule has 0 bridgehead atoms. The lowest BCUT2D eigenvalue weighted by Gasteiger charge is -2.39. The van der Waals surface area contributed by atoms with Crippen LogP contribution in [0.25, 0.3) is 0 Å². The summed E-state index contributed by atoms with van der Waals surface area (Å²) in [6.07, 6.45) is 61.5. The van der Waals surface area contributed by atoms with Gasteiger partial charge in [0.25, 0.3) is 0 Å². The van der Waals surface area contributed by atoms with E-state index in [9.17, 15) is 25.2 Å². The first-order valence-corrected chi connectivity index (χ1v) is 27.3. The lowest BCUT2D eigenvalue weighted by Crippen LogP contribution is -2.59. The summed E-state index contributed by atoms with van der Waals surface area (Å²) in [5.74, 6) is -0.325. The van der Waals surface area contributed by atoms with Crippen molar-refractivity contribution >= 4 is 5.97 Å². The molecule has 9 nitrogen and oxygen atoms in total. The van der Waals surface area contributed by atoms with Crippen molar-refractivity contribution < 1.29 is 44.2 Å². The number of rotatable bonds is 46. The topological polar surface area (TPSA) is 135 Å². The zero-order chi connectivity index (χ0) is 49.2. The van der Waals surface area contributed by atoms with E-state index in [0.717, 1.165) is 89.9 Å². The van der Waals surface area contributed by atoms with Crippen LogP contribution in [0.4, 0.5) is 0 Å². The fourth-order valence-electron chi connectivity index (χ4n) is 7.76. The summed E-state index contributed by atoms with van der Waals surface area (Å²) in [5.41, 5.74) is 0. The molecule has 6 atom stereocenters. The highest BCUT2D eigenvalue weighted by Crippen LogP contribution is 2.23. The van der Waals surface area contributed by atoms with Crippen molar-refractivity contribution in [3.05, 3.63) is 97.2 Å². The molecule has 0 aromatic rings. The van der Waals surface area contributed by atoms with E-state index in [4.69, 9.17) is 18.9 Å². The summed E-state index contributed by atoms with van der Waals surface area (Å²) in [5, 5.41) is 40.3. The molecule has 0 radical (unpaired) electrons. The Labute approximate surface area is 415 Å². The van der Waals surface area contributed by atoms with Gasteiger partial charge in [0.1, 0.15) is 30.5 Å². The Morgan fingerprint density at radius 1 is 0.485 bits per heavy atom. The van der Waals surface area contributed by atoms with E-state index in [-0.39, 0.29) is 19.2 Å². The largest absolute Gasteiger partial charge is 0.457 e. The van der Waals surface area contributed by atoms with E-state index >= 15 is 0 Å². The Hall–Kier alpha value is -2.89. The minimum absolute atomic E-state index is 0.125. The van der Waals surface area contributed by atoms with Crippen molar-refractivity contribution in [2.24, 2.45) is 0 Å². The van der Waals surface area contributed by atoms with Gasteiger partial charge in [0.05, 0.1) is 19.8 Å². The summed E-state index contributed by atoms with van der Waals surface area (Å²) in [7, 11) is 0. The number of carbonyl (C=O) groups is 1. The van der Waals surface area contributed by atoms with Gasteiger partial charge in [-0.2, -0.15) is 0 Å². The highest BCUT2D eigenvalue weighted by Gasteiger charge is 2.44. The second-order valence-corrected chi connectivity index (χ2v) is 18.3. The number of carbonyl (C=O) groups excluding carboxylic acids is 1. The Morgan fingerprint density at radius 2 is 0.897 bits per heavy atom. The molecule has 1 aliphatic rings. The van der Waals surface area contributed by atoms with E-state index in [1.165, 1.54) is 96.3 Å². The van der Waals surface area contributed by atoms with E-state index in [2.05, 4.69) is 111 Å². The van der Waals surface area contributed by atoms with Crippen molar-refractivity contribution in [1.82, 2.24) is 0 Å². The lowest BCUT2D eigenvalue weighted by atomic mass is 9.99. The van der Waals surface area contributed by atoms with Crippen LogP contribution in [0.15, 0.2) is 97.2 Å². The van der Waals surface area contributed by atoms with Crippen LogP contribution < -0.4 is 0 Å². The molecule has 1 saturated heterocycles. The third-order valence-electron chi connectivity index (χ3n) is 12.0. The molecular weight excluding hydrogens is 853 g/mol. The van der Waals surface area contributed by atoms with Crippen molar-refractivity contribution in [2.75, 3.05) is 26.4 Å². The smallest absolute Gasteiger partial charge is 0.306 e. The van der Waals surface area contributed by atoms with Gasteiger partial charge in [-0.3, -0.25) is 4.79 Å². The molecule has 390 valence electrons. The minimum Gasteiger partial charge on any atom is -0.457 e. The number of aliphatic hydroxyl groups excluding tert-OH is 4. The maximum Gasteiger partial charge on any atom is 0.306 e. The van der Waals surface area contributed by atoms with Gasteiger partial charge >= 0.3 is 5.97 Å². The summed E-state index contributed by atoms with van der Waals surface area (Å²) >= 11 is 0. The zero-order valence-corrected chi connectivity index (χ0v) is 43.1. The second-order valence-electron chi connectivity index (χ2n) is 18.3. The summed E-state index contributed by atoms with van der Waals surface area (Å²) in [6.45, 7) is 4.39. The third-order valence-corrected chi connectivity index (χ3v) is 12.0. The summed E-state index contributed by atoms with van der Waals surface area (Å²) < 4.78 is 22.9. The van der Waals surface area contributed by atoms with Crippen molar-refractivity contribution in [3.63, 3.8) is 0 Å². The fraction of sp³-hybridized carbons (Fsp3) is 0.712. The quantitative estimate of drug-likeness (QED) is 0.0267. The normalized spacial score (nSPS) is 19.9. The van der Waals surface area contributed by atoms with Gasteiger partial charge in [-0.25, -0.2) is 0 Å². The molecule has 1 rings (SSSR count). The van der Waals surface area contributed by atoms with E-state index in [1.54, 1.807) is 0 Å². The molecule has 4 N–H and O–H groups in total. The number of ether oxygens (including phenoxy) is 4. The lowest BCUT2D eigenvalue weighted by molar-refractivity contribution is -0.305. The average Bonchev–Trinajstić information content (AvgIpc) is 3.34. The predicted octanol–water partition coefficient (Wildman–Crippen LogP) is 13.9. The van der Waals surface area contributed by atoms with Gasteiger partial charge in [-0.05, 0) is 96.3 Å². The SMILES string of the molecule is CC/C=C\C/C=C\C/C=C\C/C=C\C/C=C\C/C=C\CCCCCCCCCOCC(COC1OC(CO)C(O)C(O)C1O)OC(=O)CCCCCCCCCCC/C=C\C/C=C\CCCCC. The minimum atomic E-state index is -1.55. The van der Waals surface area contributed by atoms with Gasteiger partial charge in [0.15, 0.2) is 6.29 Å². The Kier molecular flexibility index (Phi) is 45.6. The molecule has 9 heteroatoms. The summed E-state index contributed by atoms with van der Waals surface area (Å²) in [4.78, 5) is 12.9. The first-order chi connectivity index (χ1) is 33.4. The van der Waals surface area contributed by atoms with Gasteiger partial charge in [-0.1, -0.05) is 201 Å². The first-order valence-electron chi connectivity index (χ1n) is 27.3. The number of aliphatic hydroxyl groups is 4. The van der Waals surface area contributed by atoms with Crippen LogP contribution >= 0.6 is 0 Å². The fourth-order valence-corrected chi connectivity index (χ4v) is 7.76. The van der Waals surface area contributed by atoms with Crippen molar-refractivity contribution in [1.29, 1.82) is 0 Å². The molecule has 0 spiro atoms. The predicted molar refractivity (Wildman–Crippen MR) is 283 cm³/mol. The molecule has 0 saturated carbocycles. The zero-order valence-electron chi connectivity index (χ0n) is 43.1. The molecule has 6 unspecified atom stereocenters. The Balaban J connectivity index is 2.20. The van der Waals surface area contributed by atoms with Gasteiger partial charge < -0.3 is 39.4 Å². The van der Waals surface area contributed by atoms with Gasteiger partial charge in [0, 0.05) is 13.0 Å². The van der Waals surface area contributed by atoms with Crippen LogP contribution in [0, 0.1) is 0 Å². The number of hydrogen-bond acceptors (Lipinski definition) is 9. The standard InChI is InChI=1S/C59H100O9/c1-3-5-7-9-11-13-15-17-19-21-23-24-25-26-27-28-29-31-33-35-37-39-41-43-45-47-49-65-51-53(52-66-59-58(64)57(63)56(62)54(50-60)68-59)67-55(61)48-46-44-42-40-38-36-34-32-30-22-20-18-16-14-12-10-8-6-4-2/h5,7,11-14,17-20,23-24,26-27,29,31,53-54,56-60,62-64H,3-4,6,8-10,15-16,21-22,25,28,30,32-52H2,1-2H3/b7-5-,13-11-,14-12-,19-17-,20-18-,24-23-,27-26-,31-29-. The molecule has 0 aliphatic carbocycles. The number of esters is 1. The van der Waals surface area contributed by atoms with Crippen LogP contribution in [0.1, 0.15) is 206 Å². The third kappa shape index (κ3) is 38.9. The van der Waals surface area contributed by atoms with E-state index in [0.29, 0.717) is 13.0 Å². The highest BCUT2D eigenvalue weighted by molar-refractivity contribution is 5.69. The molecular formula is C59H100O9. The maximum absolute atomic E-state index is 12.9. The average molecular weight is 953 g/mol. The van der Waals surface area contributed by atoms with Crippen LogP contribution in [-0.4, -0.2) is 89.6 Å². The molecule has 0 amide bonds. The van der Waals surface area contributed by atoms with Gasteiger partial charge in [0.2, 0.25) is 0 Å². The molecule has 1 fully saturated rings. The summed E-state index contributed by atoms with van der Waals surface area (Å²) in [6, 6.07) is 0. The van der Waals surface area contributed by atoms with Gasteiger partial charge in [-0.15, -0.1) is 0 Å². The first kappa shape index (κ1) is 63.1. The Morgan fingerprint density at radius 3 is 1.35 bits per heavy atom. The number of hydrogen-bond donors (Lipinski definition) is 4. The molecule has 0 aromatic carbocycles. The van der Waals surface area contributed by atoms with Crippen molar-refractivity contribution in [2.45, 2.75) is 243 Å².